The van der Waals surface area contributed by atoms with Gasteiger partial charge in [-0.1, -0.05) is 18.2 Å². The number of nitrogens with two attached hydrogens (primary N) is 1. The molecule has 1 aromatic carbocycles. The Morgan fingerprint density at radius 3 is 2.73 bits per heavy atom. The predicted octanol–water partition coefficient (Wildman–Crippen LogP) is 2.39. The van der Waals surface area contributed by atoms with Gasteiger partial charge >= 0.3 is 0 Å². The smallest absolute Gasteiger partial charge is 0.128 e. The molecule has 0 radical (unpaired) electrons. The molecule has 2 rings (SSSR count). The molecule has 0 aromatic heterocycles. The van der Waals surface area contributed by atoms with Crippen LogP contribution in [0.1, 0.15) is 30.9 Å². The van der Waals surface area contributed by atoms with E-state index in [1.54, 1.807) is 18.2 Å². The normalized spacial score (nSPS) is 18.5. The van der Waals surface area contributed by atoms with Crippen LogP contribution in [0.2, 0.25) is 0 Å². The molecule has 1 aromatic rings. The first-order chi connectivity index (χ1) is 7.27. The van der Waals surface area contributed by atoms with Gasteiger partial charge in [0, 0.05) is 5.56 Å². The van der Waals surface area contributed by atoms with Crippen molar-refractivity contribution in [2.24, 2.45) is 5.73 Å². The first-order valence-corrected chi connectivity index (χ1v) is 5.39. The van der Waals surface area contributed by atoms with Crippen LogP contribution < -0.4 is 5.73 Å². The zero-order valence-electron chi connectivity index (χ0n) is 8.66. The molecule has 1 fully saturated rings. The van der Waals surface area contributed by atoms with E-state index in [-0.39, 0.29) is 11.9 Å². The molecule has 1 aliphatic rings. The standard InChI is InChI=1S/C12H16FNO/c13-11-7-2-1-6-10(11)12(14)8-15-9-4-3-5-9/h1-2,6-7,9,12H,3-5,8,14H2. The molecule has 0 bridgehead atoms. The summed E-state index contributed by atoms with van der Waals surface area (Å²) in [6, 6.07) is 6.25. The quantitative estimate of drug-likeness (QED) is 0.826. The van der Waals surface area contributed by atoms with Crippen LogP contribution in [0.3, 0.4) is 0 Å². The highest BCUT2D eigenvalue weighted by molar-refractivity contribution is 5.20. The Morgan fingerprint density at radius 2 is 2.13 bits per heavy atom. The average molecular weight is 209 g/mol. The fraction of sp³-hybridized carbons (Fsp3) is 0.500. The molecule has 0 spiro atoms. The van der Waals surface area contributed by atoms with Crippen LogP contribution in [0.5, 0.6) is 0 Å². The molecule has 0 amide bonds. The highest BCUT2D eigenvalue weighted by Gasteiger charge is 2.20. The Morgan fingerprint density at radius 1 is 1.40 bits per heavy atom. The third-order valence-corrected chi connectivity index (χ3v) is 2.87. The first kappa shape index (κ1) is 10.6. The van der Waals surface area contributed by atoms with Crippen molar-refractivity contribution >= 4 is 0 Å². The largest absolute Gasteiger partial charge is 0.376 e. The van der Waals surface area contributed by atoms with Crippen molar-refractivity contribution in [2.45, 2.75) is 31.4 Å². The highest BCUT2D eigenvalue weighted by Crippen LogP contribution is 2.23. The summed E-state index contributed by atoms with van der Waals surface area (Å²) in [6.07, 6.45) is 3.82. The van der Waals surface area contributed by atoms with Crippen LogP contribution in [0.4, 0.5) is 4.39 Å². The van der Waals surface area contributed by atoms with Crippen LogP contribution in [0.25, 0.3) is 0 Å². The number of rotatable bonds is 4. The SMILES string of the molecule is NC(COC1CCC1)c1ccccc1F. The highest BCUT2D eigenvalue weighted by atomic mass is 19.1. The summed E-state index contributed by atoms with van der Waals surface area (Å²) in [4.78, 5) is 0. The summed E-state index contributed by atoms with van der Waals surface area (Å²) in [6.45, 7) is 0.408. The van der Waals surface area contributed by atoms with Crippen molar-refractivity contribution in [2.75, 3.05) is 6.61 Å². The van der Waals surface area contributed by atoms with E-state index in [4.69, 9.17) is 10.5 Å². The Bertz CT molecular complexity index is 325. The number of hydrogen-bond acceptors (Lipinski definition) is 2. The zero-order valence-corrected chi connectivity index (χ0v) is 8.66. The van der Waals surface area contributed by atoms with Gasteiger partial charge in [0.15, 0.2) is 0 Å². The van der Waals surface area contributed by atoms with Crippen LogP contribution in [0, 0.1) is 5.82 Å². The summed E-state index contributed by atoms with van der Waals surface area (Å²) in [5, 5.41) is 0. The van der Waals surface area contributed by atoms with Gasteiger partial charge in [-0.15, -0.1) is 0 Å². The second-order valence-corrected chi connectivity index (χ2v) is 4.01. The molecule has 1 unspecified atom stereocenters. The van der Waals surface area contributed by atoms with E-state index in [1.807, 2.05) is 0 Å². The van der Waals surface area contributed by atoms with Gasteiger partial charge in [0.1, 0.15) is 5.82 Å². The van der Waals surface area contributed by atoms with E-state index in [0.29, 0.717) is 18.3 Å². The molecule has 0 aliphatic heterocycles. The number of ether oxygens (including phenoxy) is 1. The van der Waals surface area contributed by atoms with Crippen molar-refractivity contribution in [3.8, 4) is 0 Å². The maximum absolute atomic E-state index is 13.3. The molecular formula is C12H16FNO. The van der Waals surface area contributed by atoms with Gasteiger partial charge in [-0.05, 0) is 25.3 Å². The predicted molar refractivity (Wildman–Crippen MR) is 56.9 cm³/mol. The molecule has 15 heavy (non-hydrogen) atoms. The number of halogens is 1. The van der Waals surface area contributed by atoms with Crippen LogP contribution >= 0.6 is 0 Å². The van der Waals surface area contributed by atoms with Crippen molar-refractivity contribution in [1.82, 2.24) is 0 Å². The van der Waals surface area contributed by atoms with Crippen molar-refractivity contribution in [1.29, 1.82) is 0 Å². The molecule has 82 valence electrons. The summed E-state index contributed by atoms with van der Waals surface area (Å²) in [7, 11) is 0. The lowest BCUT2D eigenvalue weighted by Gasteiger charge is -2.27. The van der Waals surface area contributed by atoms with Gasteiger partial charge in [0.2, 0.25) is 0 Å². The molecule has 0 saturated heterocycles. The molecule has 3 heteroatoms. The average Bonchev–Trinajstić information content (AvgIpc) is 2.16. The Balaban J connectivity index is 1.89. The summed E-state index contributed by atoms with van der Waals surface area (Å²) >= 11 is 0. The molecule has 1 aliphatic carbocycles. The minimum Gasteiger partial charge on any atom is -0.376 e. The third kappa shape index (κ3) is 2.55. The number of benzene rings is 1. The zero-order chi connectivity index (χ0) is 10.7. The fourth-order valence-electron chi connectivity index (χ4n) is 1.64. The molecule has 1 atom stereocenters. The summed E-state index contributed by atoms with van der Waals surface area (Å²) in [5.41, 5.74) is 6.40. The van der Waals surface area contributed by atoms with Gasteiger partial charge < -0.3 is 10.5 Å². The van der Waals surface area contributed by atoms with Gasteiger partial charge in [0.05, 0.1) is 18.8 Å². The summed E-state index contributed by atoms with van der Waals surface area (Å²) in [5.74, 6) is -0.248. The third-order valence-electron chi connectivity index (χ3n) is 2.87. The lowest BCUT2D eigenvalue weighted by molar-refractivity contribution is -0.00478. The Kier molecular flexibility index (Phi) is 3.34. The van der Waals surface area contributed by atoms with E-state index in [9.17, 15) is 4.39 Å². The Hall–Kier alpha value is -0.930. The van der Waals surface area contributed by atoms with Crippen molar-refractivity contribution < 1.29 is 9.13 Å². The minimum atomic E-state index is -0.355. The molecule has 2 nitrogen and oxygen atoms in total. The second kappa shape index (κ2) is 4.73. The van der Waals surface area contributed by atoms with E-state index in [2.05, 4.69) is 0 Å². The second-order valence-electron chi connectivity index (χ2n) is 4.01. The van der Waals surface area contributed by atoms with Crippen molar-refractivity contribution in [3.05, 3.63) is 35.6 Å². The maximum atomic E-state index is 13.3. The van der Waals surface area contributed by atoms with E-state index in [0.717, 1.165) is 12.8 Å². The van der Waals surface area contributed by atoms with E-state index < -0.39 is 0 Å². The van der Waals surface area contributed by atoms with Crippen molar-refractivity contribution in [3.63, 3.8) is 0 Å². The van der Waals surface area contributed by atoms with Gasteiger partial charge in [-0.3, -0.25) is 0 Å². The summed E-state index contributed by atoms with van der Waals surface area (Å²) < 4.78 is 18.9. The molecular weight excluding hydrogens is 193 g/mol. The van der Waals surface area contributed by atoms with Crippen LogP contribution in [-0.2, 0) is 4.74 Å². The van der Waals surface area contributed by atoms with Gasteiger partial charge in [-0.25, -0.2) is 4.39 Å². The lowest BCUT2D eigenvalue weighted by atomic mass is 9.96. The maximum Gasteiger partial charge on any atom is 0.128 e. The van der Waals surface area contributed by atoms with Gasteiger partial charge in [-0.2, -0.15) is 0 Å². The molecule has 2 N–H and O–H groups in total. The van der Waals surface area contributed by atoms with Crippen LogP contribution in [-0.4, -0.2) is 12.7 Å². The first-order valence-electron chi connectivity index (χ1n) is 5.39. The monoisotopic (exact) mass is 209 g/mol. The Labute approximate surface area is 89.2 Å². The molecule has 1 saturated carbocycles. The molecule has 0 heterocycles. The topological polar surface area (TPSA) is 35.2 Å². The lowest BCUT2D eigenvalue weighted by Crippen LogP contribution is -2.27. The van der Waals surface area contributed by atoms with E-state index >= 15 is 0 Å². The fourth-order valence-corrected chi connectivity index (χ4v) is 1.64. The van der Waals surface area contributed by atoms with Crippen LogP contribution in [0.15, 0.2) is 24.3 Å². The van der Waals surface area contributed by atoms with E-state index in [1.165, 1.54) is 12.5 Å². The minimum absolute atomic E-state index is 0.248. The van der Waals surface area contributed by atoms with Gasteiger partial charge in [0.25, 0.3) is 0 Å². The number of hydrogen-bond donors (Lipinski definition) is 1.